The van der Waals surface area contributed by atoms with Gasteiger partial charge in [-0.15, -0.1) is 0 Å². The van der Waals surface area contributed by atoms with Crippen molar-refractivity contribution in [2.24, 2.45) is 0 Å². The van der Waals surface area contributed by atoms with E-state index in [9.17, 15) is 4.79 Å². The Labute approximate surface area is 150 Å². The normalized spacial score (nSPS) is 9.40. The Kier molecular flexibility index (Phi) is 6.65. The molecule has 2 aromatic carbocycles. The van der Waals surface area contributed by atoms with Crippen LogP contribution >= 0.6 is 11.8 Å². The molecule has 0 aromatic heterocycles. The number of Topliss-reactive ketones (excluding diaryl/α,β-unsaturated/α-hetero) is 1. The van der Waals surface area contributed by atoms with E-state index >= 15 is 0 Å². The zero-order valence-electron chi connectivity index (χ0n) is 13.5. The fourth-order valence-corrected chi connectivity index (χ4v) is 2.84. The van der Waals surface area contributed by atoms with Gasteiger partial charge in [-0.1, -0.05) is 42.1 Å². The van der Waals surface area contributed by atoms with Crippen molar-refractivity contribution in [1.29, 1.82) is 10.5 Å². The number of ketones is 1. The molecule has 0 aliphatic rings. The predicted molar refractivity (Wildman–Crippen MR) is 98.1 cm³/mol. The fraction of sp³-hybridized carbons (Fsp3) is 0.105. The summed E-state index contributed by atoms with van der Waals surface area (Å²) >= 11 is 1.12. The molecule has 6 heteroatoms. The van der Waals surface area contributed by atoms with Gasteiger partial charge in [-0.3, -0.25) is 4.79 Å². The molecule has 0 saturated carbocycles. The summed E-state index contributed by atoms with van der Waals surface area (Å²) in [5.41, 5.74) is 1.19. The van der Waals surface area contributed by atoms with E-state index in [2.05, 4.69) is 5.32 Å². The number of hydrogen-bond donors (Lipinski definition) is 1. The number of para-hydroxylation sites is 1. The molecule has 0 spiro atoms. The average Bonchev–Trinajstić information content (AvgIpc) is 2.67. The second-order valence-corrected chi connectivity index (χ2v) is 5.85. The molecule has 0 saturated heterocycles. The molecule has 0 heterocycles. The summed E-state index contributed by atoms with van der Waals surface area (Å²) in [4.78, 5) is 12.4. The number of nitriles is 2. The summed E-state index contributed by atoms with van der Waals surface area (Å²) in [5.74, 6) is 0.574. The van der Waals surface area contributed by atoms with Crippen LogP contribution in [0, 0.1) is 22.7 Å². The maximum Gasteiger partial charge on any atom is 0.173 e. The summed E-state index contributed by atoms with van der Waals surface area (Å²) in [6, 6.07) is 19.8. The van der Waals surface area contributed by atoms with Crippen LogP contribution in [0.2, 0.25) is 0 Å². The minimum Gasteiger partial charge on any atom is -0.497 e. The number of anilines is 1. The lowest BCUT2D eigenvalue weighted by Crippen LogP contribution is -2.06. The van der Waals surface area contributed by atoms with Gasteiger partial charge in [0.2, 0.25) is 0 Å². The van der Waals surface area contributed by atoms with Gasteiger partial charge in [0.05, 0.1) is 12.9 Å². The van der Waals surface area contributed by atoms with E-state index in [1.807, 2.05) is 42.5 Å². The van der Waals surface area contributed by atoms with Crippen molar-refractivity contribution in [2.75, 3.05) is 18.2 Å². The summed E-state index contributed by atoms with van der Waals surface area (Å²) in [7, 11) is 1.54. The fourth-order valence-electron chi connectivity index (χ4n) is 1.97. The van der Waals surface area contributed by atoms with Gasteiger partial charge in [0.25, 0.3) is 0 Å². The Balaban J connectivity index is 2.15. The van der Waals surface area contributed by atoms with Crippen LogP contribution in [0.3, 0.4) is 0 Å². The first kappa shape index (κ1) is 18.1. The Bertz CT molecular complexity index is 848. The van der Waals surface area contributed by atoms with Crippen LogP contribution in [0.25, 0.3) is 0 Å². The van der Waals surface area contributed by atoms with Gasteiger partial charge in [0.15, 0.2) is 11.4 Å². The van der Waals surface area contributed by atoms with Crippen molar-refractivity contribution in [3.8, 4) is 17.9 Å². The molecular formula is C19H15N3O2S. The second-order valence-electron chi connectivity index (χ2n) is 4.86. The quantitative estimate of drug-likeness (QED) is 0.601. The van der Waals surface area contributed by atoms with Crippen molar-refractivity contribution < 1.29 is 9.53 Å². The molecule has 0 unspecified atom stereocenters. The zero-order chi connectivity index (χ0) is 18.1. The number of methoxy groups -OCH3 is 1. The van der Waals surface area contributed by atoms with E-state index in [1.165, 1.54) is 7.11 Å². The maximum absolute atomic E-state index is 12.4. The summed E-state index contributed by atoms with van der Waals surface area (Å²) in [6.07, 6.45) is 0. The van der Waals surface area contributed by atoms with Crippen LogP contribution in [-0.2, 0) is 0 Å². The Hall–Kier alpha value is -3.22. The number of nitrogens with zero attached hydrogens (tertiary/aromatic N) is 2. The monoisotopic (exact) mass is 349 g/mol. The molecule has 25 heavy (non-hydrogen) atoms. The number of nitrogens with one attached hydrogen (secondary N) is 1. The molecule has 1 N–H and O–H groups in total. The minimum atomic E-state index is -0.119. The second kappa shape index (κ2) is 9.17. The topological polar surface area (TPSA) is 85.9 Å². The van der Waals surface area contributed by atoms with Gasteiger partial charge in [-0.2, -0.15) is 10.5 Å². The van der Waals surface area contributed by atoms with Crippen LogP contribution in [0.1, 0.15) is 10.4 Å². The van der Waals surface area contributed by atoms with Gasteiger partial charge in [0, 0.05) is 11.3 Å². The SMILES string of the molecule is COc1cccc(C(=O)CSC(Nc2ccccc2)=C(C#N)C#N)c1. The third-order valence-corrected chi connectivity index (χ3v) is 4.22. The number of ether oxygens (including phenoxy) is 1. The maximum atomic E-state index is 12.4. The van der Waals surface area contributed by atoms with E-state index in [0.717, 1.165) is 17.4 Å². The van der Waals surface area contributed by atoms with E-state index in [4.69, 9.17) is 15.3 Å². The van der Waals surface area contributed by atoms with Crippen molar-refractivity contribution in [2.45, 2.75) is 0 Å². The van der Waals surface area contributed by atoms with Crippen molar-refractivity contribution in [3.63, 3.8) is 0 Å². The van der Waals surface area contributed by atoms with Crippen molar-refractivity contribution in [1.82, 2.24) is 0 Å². The number of benzene rings is 2. The first-order valence-corrected chi connectivity index (χ1v) is 8.33. The lowest BCUT2D eigenvalue weighted by atomic mass is 10.1. The molecule has 0 aliphatic carbocycles. The molecule has 5 nitrogen and oxygen atoms in total. The molecule has 0 amide bonds. The van der Waals surface area contributed by atoms with Gasteiger partial charge in [-0.05, 0) is 24.3 Å². The molecule has 0 atom stereocenters. The minimum absolute atomic E-state index is 0.0627. The highest BCUT2D eigenvalue weighted by Crippen LogP contribution is 2.24. The zero-order valence-corrected chi connectivity index (χ0v) is 14.3. The number of carbonyl (C=O) groups excluding carboxylic acids is 1. The smallest absolute Gasteiger partial charge is 0.173 e. The first-order valence-electron chi connectivity index (χ1n) is 7.34. The number of hydrogen-bond acceptors (Lipinski definition) is 6. The Morgan fingerprint density at radius 2 is 1.84 bits per heavy atom. The van der Waals surface area contributed by atoms with Crippen LogP contribution < -0.4 is 10.1 Å². The van der Waals surface area contributed by atoms with Crippen LogP contribution in [-0.4, -0.2) is 18.6 Å². The number of rotatable bonds is 7. The molecule has 124 valence electrons. The largest absolute Gasteiger partial charge is 0.497 e. The molecule has 2 rings (SSSR count). The molecule has 0 radical (unpaired) electrons. The van der Waals surface area contributed by atoms with E-state index < -0.39 is 0 Å². The van der Waals surface area contributed by atoms with Crippen molar-refractivity contribution in [3.05, 3.63) is 70.8 Å². The molecule has 2 aromatic rings. The van der Waals surface area contributed by atoms with Gasteiger partial charge in [-0.25, -0.2) is 0 Å². The van der Waals surface area contributed by atoms with E-state index in [0.29, 0.717) is 16.3 Å². The Morgan fingerprint density at radius 3 is 2.48 bits per heavy atom. The van der Waals surface area contributed by atoms with Gasteiger partial charge in [0.1, 0.15) is 22.9 Å². The lowest BCUT2D eigenvalue weighted by Gasteiger charge is -2.10. The van der Waals surface area contributed by atoms with Crippen molar-refractivity contribution >= 4 is 23.2 Å². The average molecular weight is 349 g/mol. The Morgan fingerprint density at radius 1 is 1.12 bits per heavy atom. The highest BCUT2D eigenvalue weighted by atomic mass is 32.2. The number of allylic oxidation sites excluding steroid dienone is 1. The predicted octanol–water partition coefficient (Wildman–Crippen LogP) is 3.98. The van der Waals surface area contributed by atoms with Crippen LogP contribution in [0.5, 0.6) is 5.75 Å². The molecular weight excluding hydrogens is 334 g/mol. The third kappa shape index (κ3) is 5.13. The summed E-state index contributed by atoms with van der Waals surface area (Å²) < 4.78 is 5.12. The number of thioether (sulfide) groups is 1. The standard InChI is InChI=1S/C19H15N3O2S/c1-24-17-9-5-6-14(10-17)18(23)13-25-19(15(11-20)12-21)22-16-7-3-2-4-8-16/h2-10,22H,13H2,1H3. The van der Waals surface area contributed by atoms with Crippen LogP contribution in [0.15, 0.2) is 65.2 Å². The highest BCUT2D eigenvalue weighted by molar-refractivity contribution is 8.03. The third-order valence-electron chi connectivity index (χ3n) is 3.22. The molecule has 0 aliphatic heterocycles. The van der Waals surface area contributed by atoms with Gasteiger partial charge >= 0.3 is 0 Å². The van der Waals surface area contributed by atoms with Gasteiger partial charge < -0.3 is 10.1 Å². The van der Waals surface area contributed by atoms with E-state index in [-0.39, 0.29) is 17.1 Å². The lowest BCUT2D eigenvalue weighted by molar-refractivity contribution is 0.102. The molecule has 0 bridgehead atoms. The van der Waals surface area contributed by atoms with E-state index in [1.54, 1.807) is 24.3 Å². The molecule has 0 fully saturated rings. The number of carbonyl (C=O) groups is 1. The summed E-state index contributed by atoms with van der Waals surface area (Å²) in [5, 5.41) is 21.7. The summed E-state index contributed by atoms with van der Waals surface area (Å²) in [6.45, 7) is 0. The highest BCUT2D eigenvalue weighted by Gasteiger charge is 2.13. The van der Waals surface area contributed by atoms with Crippen LogP contribution in [0.4, 0.5) is 5.69 Å². The first-order chi connectivity index (χ1) is 12.2.